The number of carbonyl (C=O) groups is 1. The van der Waals surface area contributed by atoms with Crippen LogP contribution < -0.4 is 11.1 Å². The number of nitrogens with zero attached hydrogens (tertiary/aromatic N) is 1. The van der Waals surface area contributed by atoms with E-state index in [4.69, 9.17) is 17.3 Å². The minimum absolute atomic E-state index is 0.301. The van der Waals surface area contributed by atoms with Crippen LogP contribution in [-0.2, 0) is 0 Å². The van der Waals surface area contributed by atoms with E-state index in [0.717, 1.165) is 0 Å². The van der Waals surface area contributed by atoms with Gasteiger partial charge >= 0.3 is 0 Å². The van der Waals surface area contributed by atoms with E-state index < -0.39 is 0 Å². The highest BCUT2D eigenvalue weighted by atomic mass is 79.9. The van der Waals surface area contributed by atoms with E-state index in [1.165, 1.54) is 6.20 Å². The van der Waals surface area contributed by atoms with Crippen molar-refractivity contribution in [3.63, 3.8) is 0 Å². The van der Waals surface area contributed by atoms with Gasteiger partial charge in [-0.25, -0.2) is 4.98 Å². The highest BCUT2D eigenvalue weighted by molar-refractivity contribution is 9.10. The van der Waals surface area contributed by atoms with E-state index >= 15 is 0 Å². The largest absolute Gasteiger partial charge is 0.397 e. The fourth-order valence-electron chi connectivity index (χ4n) is 1.31. The first-order valence-electron chi connectivity index (χ1n) is 5.04. The second-order valence-electron chi connectivity index (χ2n) is 3.56. The normalized spacial score (nSPS) is 10.1. The zero-order chi connectivity index (χ0) is 13.1. The van der Waals surface area contributed by atoms with Gasteiger partial charge in [-0.3, -0.25) is 4.79 Å². The van der Waals surface area contributed by atoms with Gasteiger partial charge in [-0.2, -0.15) is 0 Å². The molecule has 6 heteroatoms. The average Bonchev–Trinajstić information content (AvgIpc) is 2.34. The summed E-state index contributed by atoms with van der Waals surface area (Å²) in [5.74, 6) is -0.302. The Hall–Kier alpha value is -1.59. The smallest absolute Gasteiger partial charge is 0.274 e. The Balaban J connectivity index is 2.16. The highest BCUT2D eigenvalue weighted by Gasteiger charge is 2.08. The maximum Gasteiger partial charge on any atom is 0.274 e. The lowest BCUT2D eigenvalue weighted by Crippen LogP contribution is -2.13. The Bertz CT molecular complexity index is 586. The summed E-state index contributed by atoms with van der Waals surface area (Å²) in [5, 5.41) is 3.30. The summed E-state index contributed by atoms with van der Waals surface area (Å²) < 4.78 is 0.715. The number of pyridine rings is 1. The van der Waals surface area contributed by atoms with Crippen LogP contribution in [-0.4, -0.2) is 10.9 Å². The Morgan fingerprint density at radius 1 is 1.33 bits per heavy atom. The average molecular weight is 327 g/mol. The van der Waals surface area contributed by atoms with Crippen LogP contribution in [0.2, 0.25) is 5.02 Å². The Kier molecular flexibility index (Phi) is 3.84. The first kappa shape index (κ1) is 12.9. The van der Waals surface area contributed by atoms with Crippen LogP contribution in [0.15, 0.2) is 41.0 Å². The van der Waals surface area contributed by atoms with E-state index in [1.54, 1.807) is 30.3 Å². The molecule has 0 aliphatic heterocycles. The summed E-state index contributed by atoms with van der Waals surface area (Å²) in [4.78, 5) is 15.8. The topological polar surface area (TPSA) is 68.0 Å². The van der Waals surface area contributed by atoms with E-state index in [-0.39, 0.29) is 5.91 Å². The number of benzene rings is 1. The number of carbonyl (C=O) groups excluding carboxylic acids is 1. The molecular formula is C12H9BrClN3O. The summed E-state index contributed by atoms with van der Waals surface area (Å²) in [6, 6.07) is 8.31. The molecule has 2 aromatic rings. The molecule has 92 valence electrons. The van der Waals surface area contributed by atoms with Crippen LogP contribution in [0.4, 0.5) is 11.4 Å². The van der Waals surface area contributed by atoms with E-state index in [0.29, 0.717) is 26.6 Å². The molecule has 2 rings (SSSR count). The molecule has 18 heavy (non-hydrogen) atoms. The number of nitrogens with one attached hydrogen (secondary N) is 1. The molecule has 4 nitrogen and oxygen atoms in total. The predicted octanol–water partition coefficient (Wildman–Crippen LogP) is 3.33. The van der Waals surface area contributed by atoms with Gasteiger partial charge in [0.05, 0.1) is 16.9 Å². The van der Waals surface area contributed by atoms with Crippen LogP contribution in [0.25, 0.3) is 0 Å². The summed E-state index contributed by atoms with van der Waals surface area (Å²) in [6.45, 7) is 0. The van der Waals surface area contributed by atoms with Crippen molar-refractivity contribution in [2.45, 2.75) is 0 Å². The quantitative estimate of drug-likeness (QED) is 0.889. The van der Waals surface area contributed by atoms with Crippen molar-refractivity contribution >= 4 is 44.8 Å². The summed E-state index contributed by atoms with van der Waals surface area (Å²) in [7, 11) is 0. The van der Waals surface area contributed by atoms with Crippen molar-refractivity contribution in [3.8, 4) is 0 Å². The van der Waals surface area contributed by atoms with Crippen LogP contribution in [0.3, 0.4) is 0 Å². The molecule has 1 heterocycles. The van der Waals surface area contributed by atoms with Crippen LogP contribution in [0.1, 0.15) is 10.5 Å². The third kappa shape index (κ3) is 3.00. The van der Waals surface area contributed by atoms with E-state index in [2.05, 4.69) is 26.2 Å². The molecule has 0 radical (unpaired) electrons. The molecule has 0 spiro atoms. The fourth-order valence-corrected chi connectivity index (χ4v) is 1.80. The van der Waals surface area contributed by atoms with Crippen LogP contribution in [0.5, 0.6) is 0 Å². The van der Waals surface area contributed by atoms with Gasteiger partial charge in [0.1, 0.15) is 5.69 Å². The highest BCUT2D eigenvalue weighted by Crippen LogP contribution is 2.25. The number of hydrogen-bond acceptors (Lipinski definition) is 3. The lowest BCUT2D eigenvalue weighted by molar-refractivity contribution is 0.102. The Morgan fingerprint density at radius 2 is 2.11 bits per heavy atom. The molecule has 0 unspecified atom stereocenters. The van der Waals surface area contributed by atoms with Crippen molar-refractivity contribution in [1.82, 2.24) is 4.98 Å². The van der Waals surface area contributed by atoms with Crippen molar-refractivity contribution in [3.05, 3.63) is 51.7 Å². The van der Waals surface area contributed by atoms with Gasteiger partial charge in [0.15, 0.2) is 0 Å². The zero-order valence-electron chi connectivity index (χ0n) is 9.15. The van der Waals surface area contributed by atoms with Gasteiger partial charge in [-0.05, 0) is 46.3 Å². The summed E-state index contributed by atoms with van der Waals surface area (Å²) in [6.07, 6.45) is 1.44. The van der Waals surface area contributed by atoms with E-state index in [9.17, 15) is 4.79 Å². The van der Waals surface area contributed by atoms with E-state index in [1.807, 2.05) is 0 Å². The molecule has 1 aromatic carbocycles. The molecule has 0 bridgehead atoms. The number of rotatable bonds is 2. The summed E-state index contributed by atoms with van der Waals surface area (Å²) in [5.41, 5.74) is 6.95. The van der Waals surface area contributed by atoms with Gasteiger partial charge in [0.2, 0.25) is 0 Å². The number of hydrogen-bond donors (Lipinski definition) is 2. The number of amides is 1. The van der Waals surface area contributed by atoms with Crippen LogP contribution in [0, 0.1) is 0 Å². The van der Waals surface area contributed by atoms with Crippen molar-refractivity contribution < 1.29 is 4.79 Å². The van der Waals surface area contributed by atoms with Gasteiger partial charge in [0.25, 0.3) is 5.91 Å². The predicted molar refractivity (Wildman–Crippen MR) is 75.8 cm³/mol. The van der Waals surface area contributed by atoms with Crippen molar-refractivity contribution in [2.24, 2.45) is 0 Å². The summed E-state index contributed by atoms with van der Waals surface area (Å²) >= 11 is 9.15. The third-order valence-electron chi connectivity index (χ3n) is 2.20. The second kappa shape index (κ2) is 5.37. The van der Waals surface area contributed by atoms with Gasteiger partial charge in [-0.15, -0.1) is 0 Å². The molecule has 0 aliphatic rings. The third-order valence-corrected chi connectivity index (χ3v) is 3.41. The molecular weight excluding hydrogens is 318 g/mol. The van der Waals surface area contributed by atoms with Crippen LogP contribution >= 0.6 is 27.5 Å². The monoisotopic (exact) mass is 325 g/mol. The minimum Gasteiger partial charge on any atom is -0.397 e. The van der Waals surface area contributed by atoms with Crippen molar-refractivity contribution in [2.75, 3.05) is 11.1 Å². The Labute approximate surface area is 117 Å². The molecule has 0 saturated heterocycles. The first-order chi connectivity index (χ1) is 8.56. The standard InChI is InChI=1S/C12H9BrClN3O/c13-9-5-8(2-3-10(9)14)17-12(18)11-4-1-7(15)6-16-11/h1-6H,15H2,(H,17,18). The number of aromatic nitrogens is 1. The molecule has 3 N–H and O–H groups in total. The molecule has 1 aromatic heterocycles. The van der Waals surface area contributed by atoms with Crippen molar-refractivity contribution in [1.29, 1.82) is 0 Å². The lowest BCUT2D eigenvalue weighted by Gasteiger charge is -2.06. The molecule has 0 atom stereocenters. The molecule has 0 fully saturated rings. The van der Waals surface area contributed by atoms with Gasteiger partial charge in [-0.1, -0.05) is 11.6 Å². The number of nitrogens with two attached hydrogens (primary N) is 1. The van der Waals surface area contributed by atoms with Gasteiger partial charge in [0, 0.05) is 10.2 Å². The Morgan fingerprint density at radius 3 is 2.72 bits per heavy atom. The zero-order valence-corrected chi connectivity index (χ0v) is 11.5. The maximum atomic E-state index is 11.9. The number of nitrogen functional groups attached to an aromatic ring is 1. The maximum absolute atomic E-state index is 11.9. The minimum atomic E-state index is -0.302. The number of halogens is 2. The molecule has 0 aliphatic carbocycles. The SMILES string of the molecule is Nc1ccc(C(=O)Nc2ccc(Cl)c(Br)c2)nc1. The lowest BCUT2D eigenvalue weighted by atomic mass is 10.3. The second-order valence-corrected chi connectivity index (χ2v) is 4.82. The molecule has 1 amide bonds. The molecule has 0 saturated carbocycles. The first-order valence-corrected chi connectivity index (χ1v) is 6.21. The van der Waals surface area contributed by atoms with Gasteiger partial charge < -0.3 is 11.1 Å². The fraction of sp³-hybridized carbons (Fsp3) is 0. The number of anilines is 2.